The average molecular weight is 298 g/mol. The van der Waals surface area contributed by atoms with E-state index in [1.165, 1.54) is 25.7 Å². The highest BCUT2D eigenvalue weighted by Gasteiger charge is 2.38. The Morgan fingerprint density at radius 1 is 1.19 bits per heavy atom. The third kappa shape index (κ3) is 5.98. The van der Waals surface area contributed by atoms with Crippen molar-refractivity contribution in [2.24, 2.45) is 11.3 Å². The first-order chi connectivity index (χ1) is 9.32. The van der Waals surface area contributed by atoms with Gasteiger partial charge >= 0.3 is 5.97 Å². The normalized spacial score (nSPS) is 24.5. The van der Waals surface area contributed by atoms with Gasteiger partial charge in [0.15, 0.2) is 5.60 Å². The average Bonchev–Trinajstić information content (AvgIpc) is 2.24. The Kier molecular flexibility index (Phi) is 5.52. The van der Waals surface area contributed by atoms with Crippen LogP contribution in [0.4, 0.5) is 0 Å². The molecule has 2 unspecified atom stereocenters. The van der Waals surface area contributed by atoms with Gasteiger partial charge in [-0.1, -0.05) is 20.3 Å². The second kappa shape index (κ2) is 6.28. The van der Waals surface area contributed by atoms with E-state index in [0.29, 0.717) is 11.3 Å². The Labute approximate surface area is 130 Å². The van der Waals surface area contributed by atoms with E-state index in [4.69, 9.17) is 9.47 Å². The number of esters is 1. The van der Waals surface area contributed by atoms with Crippen molar-refractivity contribution in [3.05, 3.63) is 0 Å². The molecular formula is C18H34O3. The lowest BCUT2D eigenvalue weighted by molar-refractivity contribution is -0.189. The summed E-state index contributed by atoms with van der Waals surface area (Å²) < 4.78 is 11.6. The van der Waals surface area contributed by atoms with Crippen LogP contribution in [0.2, 0.25) is 0 Å². The molecule has 3 heteroatoms. The summed E-state index contributed by atoms with van der Waals surface area (Å²) in [7, 11) is 0. The van der Waals surface area contributed by atoms with E-state index in [9.17, 15) is 4.79 Å². The van der Waals surface area contributed by atoms with E-state index in [1.54, 1.807) is 0 Å². The number of hydrogen-bond donors (Lipinski definition) is 0. The van der Waals surface area contributed by atoms with Gasteiger partial charge in [-0.25, -0.2) is 4.79 Å². The Balaban J connectivity index is 2.63. The first-order valence-electron chi connectivity index (χ1n) is 8.24. The smallest absolute Gasteiger partial charge is 0.338 e. The molecule has 0 aliphatic heterocycles. The topological polar surface area (TPSA) is 35.5 Å². The zero-order valence-corrected chi connectivity index (χ0v) is 15.2. The van der Waals surface area contributed by atoms with E-state index in [-0.39, 0.29) is 12.1 Å². The van der Waals surface area contributed by atoms with Gasteiger partial charge in [-0.2, -0.15) is 0 Å². The van der Waals surface area contributed by atoms with E-state index in [1.807, 2.05) is 34.6 Å². The summed E-state index contributed by atoms with van der Waals surface area (Å²) in [6.45, 7) is 16.0. The van der Waals surface area contributed by atoms with E-state index in [2.05, 4.69) is 20.8 Å². The second-order valence-corrected chi connectivity index (χ2v) is 8.86. The molecule has 124 valence electrons. The summed E-state index contributed by atoms with van der Waals surface area (Å²) in [5.41, 5.74) is -0.987. The maximum absolute atomic E-state index is 12.3. The number of ether oxygens (including phenoxy) is 2. The Bertz CT molecular complexity index is 363. The molecule has 1 aliphatic rings. The highest BCUT2D eigenvalue weighted by molar-refractivity contribution is 5.78. The van der Waals surface area contributed by atoms with Gasteiger partial charge < -0.3 is 9.47 Å². The van der Waals surface area contributed by atoms with Crippen LogP contribution >= 0.6 is 0 Å². The molecule has 3 nitrogen and oxygen atoms in total. The van der Waals surface area contributed by atoms with Crippen molar-refractivity contribution in [2.75, 3.05) is 0 Å². The van der Waals surface area contributed by atoms with Crippen LogP contribution in [-0.4, -0.2) is 23.3 Å². The zero-order chi connectivity index (χ0) is 16.5. The molecule has 0 saturated heterocycles. The summed E-state index contributed by atoms with van der Waals surface area (Å²) in [4.78, 5) is 12.3. The maximum atomic E-state index is 12.3. The van der Waals surface area contributed by atoms with Gasteiger partial charge in [0.1, 0.15) is 5.60 Å². The lowest BCUT2D eigenvalue weighted by Crippen LogP contribution is -2.45. The lowest BCUT2D eigenvalue weighted by atomic mass is 9.70. The second-order valence-electron chi connectivity index (χ2n) is 8.86. The molecule has 2 atom stereocenters. The lowest BCUT2D eigenvalue weighted by Gasteiger charge is -2.40. The first kappa shape index (κ1) is 18.5. The van der Waals surface area contributed by atoms with E-state index in [0.717, 1.165) is 0 Å². The molecule has 0 amide bonds. The molecule has 0 heterocycles. The molecule has 1 fully saturated rings. The van der Waals surface area contributed by atoms with Gasteiger partial charge in [0, 0.05) is 0 Å². The fourth-order valence-electron chi connectivity index (χ4n) is 3.17. The van der Waals surface area contributed by atoms with E-state index < -0.39 is 11.2 Å². The quantitative estimate of drug-likeness (QED) is 0.704. The van der Waals surface area contributed by atoms with Gasteiger partial charge in [0.2, 0.25) is 0 Å². The molecular weight excluding hydrogens is 264 g/mol. The Hall–Kier alpha value is -0.570. The van der Waals surface area contributed by atoms with Gasteiger partial charge in [-0.3, -0.25) is 0 Å². The highest BCUT2D eigenvalue weighted by atomic mass is 16.6. The minimum Gasteiger partial charge on any atom is -0.458 e. The fraction of sp³-hybridized carbons (Fsp3) is 0.944. The molecule has 1 saturated carbocycles. The zero-order valence-electron chi connectivity index (χ0n) is 15.2. The molecule has 0 aromatic carbocycles. The summed E-state index contributed by atoms with van der Waals surface area (Å²) in [6, 6.07) is 0. The predicted molar refractivity (Wildman–Crippen MR) is 86.2 cm³/mol. The van der Waals surface area contributed by atoms with Gasteiger partial charge in [-0.15, -0.1) is 0 Å². The minimum atomic E-state index is -0.895. The van der Waals surface area contributed by atoms with Crippen LogP contribution in [0.5, 0.6) is 0 Å². The number of hydrogen-bond acceptors (Lipinski definition) is 3. The van der Waals surface area contributed by atoms with Crippen LogP contribution in [0.1, 0.15) is 81.1 Å². The van der Waals surface area contributed by atoms with Gasteiger partial charge in [0.05, 0.1) is 6.10 Å². The van der Waals surface area contributed by atoms with Gasteiger partial charge in [-0.05, 0) is 72.1 Å². The van der Waals surface area contributed by atoms with E-state index >= 15 is 0 Å². The van der Waals surface area contributed by atoms with Crippen LogP contribution in [0.25, 0.3) is 0 Å². The van der Waals surface area contributed by atoms with Crippen molar-refractivity contribution in [1.29, 1.82) is 0 Å². The summed E-state index contributed by atoms with van der Waals surface area (Å²) in [6.07, 6.45) is 4.96. The molecule has 1 aliphatic carbocycles. The van der Waals surface area contributed by atoms with Crippen molar-refractivity contribution in [3.63, 3.8) is 0 Å². The Morgan fingerprint density at radius 2 is 1.76 bits per heavy atom. The van der Waals surface area contributed by atoms with Crippen molar-refractivity contribution in [2.45, 2.75) is 98.4 Å². The molecule has 0 radical (unpaired) electrons. The summed E-state index contributed by atoms with van der Waals surface area (Å²) >= 11 is 0. The molecule has 0 N–H and O–H groups in total. The molecule has 0 aromatic heterocycles. The fourth-order valence-corrected chi connectivity index (χ4v) is 3.17. The summed E-state index contributed by atoms with van der Waals surface area (Å²) in [5.74, 6) is 0.243. The number of rotatable bonds is 4. The van der Waals surface area contributed by atoms with Crippen LogP contribution < -0.4 is 0 Å². The Morgan fingerprint density at radius 3 is 2.24 bits per heavy atom. The van der Waals surface area contributed by atoms with Crippen molar-refractivity contribution < 1.29 is 14.3 Å². The molecule has 0 bridgehead atoms. The predicted octanol–water partition coefficient (Wildman–Crippen LogP) is 4.73. The number of carbonyl (C=O) groups is 1. The summed E-state index contributed by atoms with van der Waals surface area (Å²) in [5, 5.41) is 0. The first-order valence-corrected chi connectivity index (χ1v) is 8.24. The molecule has 1 rings (SSSR count). The monoisotopic (exact) mass is 298 g/mol. The van der Waals surface area contributed by atoms with Gasteiger partial charge in [0.25, 0.3) is 0 Å². The third-order valence-corrected chi connectivity index (χ3v) is 4.28. The third-order valence-electron chi connectivity index (χ3n) is 4.28. The highest BCUT2D eigenvalue weighted by Crippen LogP contribution is 2.41. The molecule has 0 spiro atoms. The SMILES string of the molecule is CC(OC(C)(C)C(=O)OC(C)(C)C)C1CCCC(C)(C)C1. The van der Waals surface area contributed by atoms with Crippen molar-refractivity contribution >= 4 is 5.97 Å². The van der Waals surface area contributed by atoms with Crippen molar-refractivity contribution in [3.8, 4) is 0 Å². The molecule has 21 heavy (non-hydrogen) atoms. The molecule has 0 aromatic rings. The maximum Gasteiger partial charge on any atom is 0.338 e. The van der Waals surface area contributed by atoms with Crippen LogP contribution in [0.15, 0.2) is 0 Å². The van der Waals surface area contributed by atoms with Crippen molar-refractivity contribution in [1.82, 2.24) is 0 Å². The standard InChI is InChI=1S/C18H34O3/c1-13(14-10-9-11-17(5,6)12-14)20-18(7,8)15(19)21-16(2,3)4/h13-14H,9-12H2,1-8H3. The largest absolute Gasteiger partial charge is 0.458 e. The van der Waals surface area contributed by atoms with Crippen LogP contribution in [0.3, 0.4) is 0 Å². The van der Waals surface area contributed by atoms with Crippen LogP contribution in [0, 0.1) is 11.3 Å². The number of carbonyl (C=O) groups excluding carboxylic acids is 1. The van der Waals surface area contributed by atoms with Crippen LogP contribution in [-0.2, 0) is 14.3 Å². The minimum absolute atomic E-state index is 0.0760.